The standard InChI is InChI=1S/C23H20F3N5O2/c1-30-21(32)7-20(15-2-3-27-9-19(15)26)29-23(30)28-8-16-17-10-31(11-18(16)17)22(33)12-4-13(24)6-14(25)5-12/h2-7,9,16-18H,8,10-11H2,1H3,(H,28,29). The minimum atomic E-state index is -0.781. The Kier molecular flexibility index (Phi) is 5.15. The lowest BCUT2D eigenvalue weighted by Crippen LogP contribution is -2.32. The van der Waals surface area contributed by atoms with E-state index in [0.29, 0.717) is 25.6 Å². The zero-order valence-corrected chi connectivity index (χ0v) is 17.6. The number of aromatic nitrogens is 3. The molecule has 1 amide bonds. The van der Waals surface area contributed by atoms with Crippen LogP contribution in [0.25, 0.3) is 11.3 Å². The van der Waals surface area contributed by atoms with E-state index < -0.39 is 17.5 Å². The quantitative estimate of drug-likeness (QED) is 0.640. The monoisotopic (exact) mass is 455 g/mol. The van der Waals surface area contributed by atoms with Crippen molar-refractivity contribution < 1.29 is 18.0 Å². The average molecular weight is 455 g/mol. The third kappa shape index (κ3) is 3.96. The van der Waals surface area contributed by atoms with E-state index in [1.165, 1.54) is 22.9 Å². The molecule has 5 rings (SSSR count). The minimum Gasteiger partial charge on any atom is -0.355 e. The smallest absolute Gasteiger partial charge is 0.255 e. The molecule has 2 aromatic heterocycles. The van der Waals surface area contributed by atoms with E-state index in [9.17, 15) is 22.8 Å². The van der Waals surface area contributed by atoms with Crippen LogP contribution in [0.2, 0.25) is 0 Å². The Morgan fingerprint density at radius 1 is 1.12 bits per heavy atom. The van der Waals surface area contributed by atoms with Crippen LogP contribution in [-0.2, 0) is 7.05 Å². The van der Waals surface area contributed by atoms with E-state index in [1.807, 2.05) is 0 Å². The van der Waals surface area contributed by atoms with Crippen LogP contribution in [0.5, 0.6) is 0 Å². The van der Waals surface area contributed by atoms with Crippen LogP contribution in [-0.4, -0.2) is 45.0 Å². The van der Waals surface area contributed by atoms with E-state index in [-0.39, 0.29) is 46.0 Å². The molecule has 1 N–H and O–H groups in total. The molecule has 3 heterocycles. The summed E-state index contributed by atoms with van der Waals surface area (Å²) >= 11 is 0. The van der Waals surface area contributed by atoms with Crippen molar-refractivity contribution in [2.24, 2.45) is 24.8 Å². The van der Waals surface area contributed by atoms with Gasteiger partial charge in [0.1, 0.15) is 11.6 Å². The van der Waals surface area contributed by atoms with Crippen molar-refractivity contribution >= 4 is 11.9 Å². The lowest BCUT2D eigenvalue weighted by molar-refractivity contribution is 0.0767. The molecule has 10 heteroatoms. The second-order valence-electron chi connectivity index (χ2n) is 8.46. The van der Waals surface area contributed by atoms with Crippen molar-refractivity contribution in [2.45, 2.75) is 0 Å². The molecular weight excluding hydrogens is 435 g/mol. The molecule has 2 fully saturated rings. The molecule has 1 saturated carbocycles. The molecule has 7 nitrogen and oxygen atoms in total. The number of nitrogens with one attached hydrogen (secondary N) is 1. The maximum atomic E-state index is 14.1. The lowest BCUT2D eigenvalue weighted by atomic mass is 10.1. The van der Waals surface area contributed by atoms with Gasteiger partial charge >= 0.3 is 0 Å². The Bertz CT molecular complexity index is 1280. The van der Waals surface area contributed by atoms with Crippen molar-refractivity contribution in [3.63, 3.8) is 0 Å². The summed E-state index contributed by atoms with van der Waals surface area (Å²) in [6, 6.07) is 5.55. The molecule has 1 saturated heterocycles. The first-order valence-corrected chi connectivity index (χ1v) is 10.5. The minimum absolute atomic E-state index is 0.00262. The molecule has 1 aliphatic heterocycles. The van der Waals surface area contributed by atoms with Gasteiger partial charge in [-0.3, -0.25) is 19.1 Å². The largest absolute Gasteiger partial charge is 0.355 e. The van der Waals surface area contributed by atoms with Crippen molar-refractivity contribution in [1.29, 1.82) is 0 Å². The Morgan fingerprint density at radius 2 is 1.82 bits per heavy atom. The normalized spacial score (nSPS) is 21.1. The van der Waals surface area contributed by atoms with Gasteiger partial charge in [-0.25, -0.2) is 18.2 Å². The van der Waals surface area contributed by atoms with Crippen LogP contribution in [0.15, 0.2) is 47.5 Å². The first-order chi connectivity index (χ1) is 15.8. The van der Waals surface area contributed by atoms with Crippen molar-refractivity contribution in [3.8, 4) is 11.3 Å². The fourth-order valence-electron chi connectivity index (χ4n) is 4.61. The number of amides is 1. The summed E-state index contributed by atoms with van der Waals surface area (Å²) in [6.45, 7) is 1.54. The summed E-state index contributed by atoms with van der Waals surface area (Å²) < 4.78 is 42.3. The molecule has 170 valence electrons. The molecule has 33 heavy (non-hydrogen) atoms. The first kappa shape index (κ1) is 21.2. The Balaban J connectivity index is 1.23. The van der Waals surface area contributed by atoms with Crippen LogP contribution < -0.4 is 10.9 Å². The molecule has 0 radical (unpaired) electrons. The number of fused-ring (bicyclic) bond motifs is 1. The van der Waals surface area contributed by atoms with Crippen LogP contribution >= 0.6 is 0 Å². The topological polar surface area (TPSA) is 80.1 Å². The summed E-state index contributed by atoms with van der Waals surface area (Å²) in [7, 11) is 1.58. The van der Waals surface area contributed by atoms with E-state index in [0.717, 1.165) is 24.4 Å². The number of carbonyl (C=O) groups is 1. The van der Waals surface area contributed by atoms with Gasteiger partial charge in [0.25, 0.3) is 11.5 Å². The molecule has 1 aromatic carbocycles. The predicted molar refractivity (Wildman–Crippen MR) is 114 cm³/mol. The summed E-state index contributed by atoms with van der Waals surface area (Å²) in [4.78, 5) is 34.7. The van der Waals surface area contributed by atoms with Crippen LogP contribution in [0.4, 0.5) is 19.1 Å². The van der Waals surface area contributed by atoms with Gasteiger partial charge < -0.3 is 10.2 Å². The average Bonchev–Trinajstić information content (AvgIpc) is 3.22. The summed E-state index contributed by atoms with van der Waals surface area (Å²) in [5, 5.41) is 3.18. The molecule has 0 bridgehead atoms. The summed E-state index contributed by atoms with van der Waals surface area (Å²) in [6.07, 6.45) is 2.50. The number of piperidine rings is 1. The van der Waals surface area contributed by atoms with Crippen molar-refractivity contribution in [3.05, 3.63) is 76.1 Å². The van der Waals surface area contributed by atoms with Crippen LogP contribution in [0.3, 0.4) is 0 Å². The molecule has 2 aliphatic rings. The molecular formula is C23H20F3N5O2. The second kappa shape index (κ2) is 8.02. The van der Waals surface area contributed by atoms with Crippen LogP contribution in [0, 0.1) is 35.2 Å². The van der Waals surface area contributed by atoms with E-state index in [2.05, 4.69) is 15.3 Å². The van der Waals surface area contributed by atoms with Gasteiger partial charge in [0.2, 0.25) is 5.95 Å². The second-order valence-corrected chi connectivity index (χ2v) is 8.46. The number of benzene rings is 1. The van der Waals surface area contributed by atoms with Gasteiger partial charge in [-0.15, -0.1) is 0 Å². The van der Waals surface area contributed by atoms with E-state index in [4.69, 9.17) is 0 Å². The third-order valence-electron chi connectivity index (χ3n) is 6.45. The van der Waals surface area contributed by atoms with E-state index in [1.54, 1.807) is 11.9 Å². The zero-order valence-electron chi connectivity index (χ0n) is 17.6. The maximum Gasteiger partial charge on any atom is 0.255 e. The number of likely N-dealkylation sites (tertiary alicyclic amines) is 1. The maximum absolute atomic E-state index is 14.1. The highest BCUT2D eigenvalue weighted by molar-refractivity contribution is 5.94. The number of halogens is 3. The lowest BCUT2D eigenvalue weighted by Gasteiger charge is -2.20. The van der Waals surface area contributed by atoms with Crippen LogP contribution in [0.1, 0.15) is 10.4 Å². The number of nitrogens with zero attached hydrogens (tertiary/aromatic N) is 4. The van der Waals surface area contributed by atoms with Gasteiger partial charge in [0.05, 0.1) is 11.9 Å². The summed E-state index contributed by atoms with van der Waals surface area (Å²) in [5.74, 6) is -1.39. The highest BCUT2D eigenvalue weighted by atomic mass is 19.1. The molecule has 1 aliphatic carbocycles. The fourth-order valence-corrected chi connectivity index (χ4v) is 4.61. The zero-order chi connectivity index (χ0) is 23.3. The fraction of sp³-hybridized carbons (Fsp3) is 0.304. The Labute approximate surface area is 186 Å². The third-order valence-corrected chi connectivity index (χ3v) is 6.45. The Hall–Kier alpha value is -3.69. The first-order valence-electron chi connectivity index (χ1n) is 10.5. The number of hydrogen-bond acceptors (Lipinski definition) is 5. The molecule has 2 unspecified atom stereocenters. The van der Waals surface area contributed by atoms with Gasteiger partial charge in [-0.1, -0.05) is 0 Å². The molecule has 3 aromatic rings. The predicted octanol–water partition coefficient (Wildman–Crippen LogP) is 2.69. The number of pyridine rings is 1. The van der Waals surface area contributed by atoms with Gasteiger partial charge in [0.15, 0.2) is 5.82 Å². The van der Waals surface area contributed by atoms with Crippen molar-refractivity contribution in [1.82, 2.24) is 19.4 Å². The van der Waals surface area contributed by atoms with Crippen molar-refractivity contribution in [2.75, 3.05) is 25.0 Å². The van der Waals surface area contributed by atoms with Gasteiger partial charge in [-0.2, -0.15) is 0 Å². The molecule has 2 atom stereocenters. The number of carbonyl (C=O) groups excluding carboxylic acids is 1. The Morgan fingerprint density at radius 3 is 2.48 bits per heavy atom. The van der Waals surface area contributed by atoms with Gasteiger partial charge in [0, 0.05) is 56.1 Å². The number of rotatable bonds is 5. The number of anilines is 1. The van der Waals surface area contributed by atoms with Gasteiger partial charge in [-0.05, 0) is 36.0 Å². The van der Waals surface area contributed by atoms with E-state index >= 15 is 0 Å². The summed E-state index contributed by atoms with van der Waals surface area (Å²) in [5.41, 5.74) is 0.0872. The highest BCUT2D eigenvalue weighted by Crippen LogP contribution is 2.51. The number of hydrogen-bond donors (Lipinski definition) is 1. The highest BCUT2D eigenvalue weighted by Gasteiger charge is 2.56. The molecule has 0 spiro atoms. The SMILES string of the molecule is Cn1c(NCC2C3CN(C(=O)c4cc(F)cc(F)c4)CC23)nc(-c2ccncc2F)cc1=O.